The summed E-state index contributed by atoms with van der Waals surface area (Å²) in [4.78, 5) is 3.86. The summed E-state index contributed by atoms with van der Waals surface area (Å²) in [5.41, 5.74) is 17.5. The van der Waals surface area contributed by atoms with Crippen LogP contribution in [0.3, 0.4) is 0 Å². The van der Waals surface area contributed by atoms with E-state index in [0.717, 1.165) is 11.1 Å². The van der Waals surface area contributed by atoms with Crippen LogP contribution in [0.1, 0.15) is 22.3 Å². The molecule has 4 N–H and O–H groups in total. The predicted molar refractivity (Wildman–Crippen MR) is 93.2 cm³/mol. The van der Waals surface area contributed by atoms with E-state index in [1.165, 1.54) is 12.1 Å². The number of nitrogens with zero attached hydrogens (tertiary/aromatic N) is 2. The van der Waals surface area contributed by atoms with E-state index < -0.39 is 0 Å². The standard InChI is InChI=1S/C18H20F2N4/c1-9-5-13(19)17-11(15(9)21)7-23-3-4-24(17)8-12-16(22)10(2)6-14(20)18(12)23/h5-6H,3-4,7-8,21-22H2,1-2H3. The van der Waals surface area contributed by atoms with Crippen LogP contribution < -0.4 is 21.3 Å². The lowest BCUT2D eigenvalue weighted by atomic mass is 9.99. The first kappa shape index (κ1) is 15.1. The average Bonchev–Trinajstić information content (AvgIpc) is 2.80. The number of aryl methyl sites for hydroxylation is 2. The molecule has 126 valence electrons. The summed E-state index contributed by atoms with van der Waals surface area (Å²) < 4.78 is 29.4. The molecule has 0 aromatic heterocycles. The zero-order valence-electron chi connectivity index (χ0n) is 13.8. The molecule has 0 aliphatic carbocycles. The molecule has 0 saturated heterocycles. The van der Waals surface area contributed by atoms with E-state index in [4.69, 9.17) is 11.5 Å². The molecule has 2 aromatic carbocycles. The van der Waals surface area contributed by atoms with E-state index in [-0.39, 0.29) is 11.6 Å². The molecule has 24 heavy (non-hydrogen) atoms. The van der Waals surface area contributed by atoms with Crippen molar-refractivity contribution in [3.05, 3.63) is 46.0 Å². The Labute approximate surface area is 139 Å². The van der Waals surface area contributed by atoms with Crippen LogP contribution in [0.2, 0.25) is 0 Å². The number of fused-ring (bicyclic) bond motifs is 7. The summed E-state index contributed by atoms with van der Waals surface area (Å²) in [5, 5.41) is 0. The zero-order chi connectivity index (χ0) is 17.2. The number of hydrogen-bond donors (Lipinski definition) is 2. The van der Waals surface area contributed by atoms with Crippen LogP contribution in [-0.4, -0.2) is 13.1 Å². The topological polar surface area (TPSA) is 58.5 Å². The minimum Gasteiger partial charge on any atom is -0.398 e. The first-order valence-corrected chi connectivity index (χ1v) is 8.03. The number of anilines is 4. The van der Waals surface area contributed by atoms with Crippen LogP contribution in [0.5, 0.6) is 0 Å². The quantitative estimate of drug-likeness (QED) is 0.729. The first-order chi connectivity index (χ1) is 11.4. The number of rotatable bonds is 0. The Balaban J connectivity index is 1.98. The minimum absolute atomic E-state index is 0.284. The summed E-state index contributed by atoms with van der Waals surface area (Å²) in [6, 6.07) is 2.94. The molecule has 6 heteroatoms. The van der Waals surface area contributed by atoms with Crippen molar-refractivity contribution >= 4 is 22.7 Å². The summed E-state index contributed by atoms with van der Waals surface area (Å²) in [7, 11) is 0. The number of nitrogens with two attached hydrogens (primary N) is 2. The molecule has 0 spiro atoms. The zero-order valence-corrected chi connectivity index (χ0v) is 13.8. The van der Waals surface area contributed by atoms with E-state index >= 15 is 0 Å². The van der Waals surface area contributed by atoms with Gasteiger partial charge < -0.3 is 21.3 Å². The molecule has 0 unspecified atom stereocenters. The van der Waals surface area contributed by atoms with Gasteiger partial charge in [0, 0.05) is 48.7 Å². The number of benzene rings is 2. The second kappa shape index (κ2) is 5.00. The summed E-state index contributed by atoms with van der Waals surface area (Å²) in [5.74, 6) is -0.567. The fraction of sp³-hybridized carbons (Fsp3) is 0.333. The van der Waals surface area contributed by atoms with Gasteiger partial charge in [-0.2, -0.15) is 0 Å². The van der Waals surface area contributed by atoms with Gasteiger partial charge >= 0.3 is 0 Å². The molecule has 4 rings (SSSR count). The lowest BCUT2D eigenvalue weighted by molar-refractivity contribution is 0.612. The molecule has 0 saturated carbocycles. The lowest BCUT2D eigenvalue weighted by Gasteiger charge is -2.30. The van der Waals surface area contributed by atoms with Crippen molar-refractivity contribution in [1.82, 2.24) is 0 Å². The second-order valence-corrected chi connectivity index (χ2v) is 6.68. The highest BCUT2D eigenvalue weighted by Crippen LogP contribution is 2.43. The van der Waals surface area contributed by atoms with E-state index in [2.05, 4.69) is 0 Å². The maximum absolute atomic E-state index is 14.7. The molecule has 2 heterocycles. The molecular formula is C18H20F2N4. The Morgan fingerprint density at radius 1 is 0.792 bits per heavy atom. The predicted octanol–water partition coefficient (Wildman–Crippen LogP) is 3.09. The van der Waals surface area contributed by atoms with Crippen molar-refractivity contribution in [3.8, 4) is 0 Å². The first-order valence-electron chi connectivity index (χ1n) is 8.03. The average molecular weight is 330 g/mol. The van der Waals surface area contributed by atoms with E-state index in [0.29, 0.717) is 60.1 Å². The van der Waals surface area contributed by atoms with Gasteiger partial charge in [-0.1, -0.05) is 0 Å². The van der Waals surface area contributed by atoms with Crippen LogP contribution in [0.4, 0.5) is 31.5 Å². The minimum atomic E-state index is -0.284. The third-order valence-electron chi connectivity index (χ3n) is 5.18. The normalized spacial score (nSPS) is 15.8. The maximum Gasteiger partial charge on any atom is 0.147 e. The van der Waals surface area contributed by atoms with Gasteiger partial charge in [-0.15, -0.1) is 0 Å². The van der Waals surface area contributed by atoms with Crippen molar-refractivity contribution in [2.24, 2.45) is 0 Å². The maximum atomic E-state index is 14.7. The summed E-state index contributed by atoms with van der Waals surface area (Å²) >= 11 is 0. The number of halogens is 2. The molecule has 0 amide bonds. The second-order valence-electron chi connectivity index (χ2n) is 6.68. The van der Waals surface area contributed by atoms with E-state index in [1.807, 2.05) is 9.80 Å². The van der Waals surface area contributed by atoms with Gasteiger partial charge in [0.2, 0.25) is 0 Å². The Hall–Kier alpha value is -2.50. The van der Waals surface area contributed by atoms with E-state index in [1.54, 1.807) is 13.8 Å². The van der Waals surface area contributed by atoms with Crippen molar-refractivity contribution < 1.29 is 8.78 Å². The number of hydrogen-bond acceptors (Lipinski definition) is 4. The third-order valence-corrected chi connectivity index (χ3v) is 5.18. The molecule has 0 fully saturated rings. The molecule has 2 aliphatic heterocycles. The smallest absolute Gasteiger partial charge is 0.147 e. The molecule has 2 aromatic rings. The fourth-order valence-electron chi connectivity index (χ4n) is 3.86. The molecule has 2 aliphatic rings. The van der Waals surface area contributed by atoms with Gasteiger partial charge in [0.15, 0.2) is 0 Å². The van der Waals surface area contributed by atoms with Crippen molar-refractivity contribution in [3.63, 3.8) is 0 Å². The molecule has 2 bridgehead atoms. The Morgan fingerprint density at radius 3 is 1.54 bits per heavy atom. The highest BCUT2D eigenvalue weighted by atomic mass is 19.1. The third kappa shape index (κ3) is 1.95. The molecular weight excluding hydrogens is 310 g/mol. The van der Waals surface area contributed by atoms with Gasteiger partial charge in [-0.25, -0.2) is 8.78 Å². The van der Waals surface area contributed by atoms with Crippen LogP contribution in [0.15, 0.2) is 12.1 Å². The van der Waals surface area contributed by atoms with Gasteiger partial charge in [0.25, 0.3) is 0 Å². The monoisotopic (exact) mass is 330 g/mol. The largest absolute Gasteiger partial charge is 0.398 e. The van der Waals surface area contributed by atoms with Crippen molar-refractivity contribution in [1.29, 1.82) is 0 Å². The van der Waals surface area contributed by atoms with Crippen molar-refractivity contribution in [2.45, 2.75) is 26.9 Å². The van der Waals surface area contributed by atoms with Crippen LogP contribution in [0.25, 0.3) is 0 Å². The number of nitrogen functional groups attached to an aromatic ring is 2. The summed E-state index contributed by atoms with van der Waals surface area (Å²) in [6.45, 7) is 5.53. The van der Waals surface area contributed by atoms with Gasteiger partial charge in [0.05, 0.1) is 11.4 Å². The van der Waals surface area contributed by atoms with Crippen molar-refractivity contribution in [2.75, 3.05) is 34.4 Å². The lowest BCUT2D eigenvalue weighted by Crippen LogP contribution is -2.27. The fourth-order valence-corrected chi connectivity index (χ4v) is 3.86. The van der Waals surface area contributed by atoms with Crippen LogP contribution in [-0.2, 0) is 13.1 Å². The Bertz CT molecular complexity index is 792. The van der Waals surface area contributed by atoms with Gasteiger partial charge in [0.1, 0.15) is 11.6 Å². The van der Waals surface area contributed by atoms with Gasteiger partial charge in [-0.05, 0) is 37.1 Å². The summed E-state index contributed by atoms with van der Waals surface area (Å²) in [6.07, 6.45) is 0. The Kier molecular flexibility index (Phi) is 3.13. The highest BCUT2D eigenvalue weighted by molar-refractivity contribution is 5.77. The molecule has 0 atom stereocenters. The SMILES string of the molecule is Cc1cc(F)c2c(c1N)CN1CCN2Cc2c(N)c(C)cc(F)c21. The van der Waals surface area contributed by atoms with Gasteiger partial charge in [-0.3, -0.25) is 0 Å². The van der Waals surface area contributed by atoms with Crippen LogP contribution in [0, 0.1) is 25.5 Å². The Morgan fingerprint density at radius 2 is 1.17 bits per heavy atom. The molecule has 4 nitrogen and oxygen atoms in total. The van der Waals surface area contributed by atoms with E-state index in [9.17, 15) is 8.78 Å². The van der Waals surface area contributed by atoms with Crippen LogP contribution >= 0.6 is 0 Å². The molecule has 0 radical (unpaired) electrons. The highest BCUT2D eigenvalue weighted by Gasteiger charge is 2.33.